The van der Waals surface area contributed by atoms with Gasteiger partial charge in [0.2, 0.25) is 0 Å². The van der Waals surface area contributed by atoms with Crippen LogP contribution in [0.5, 0.6) is 0 Å². The summed E-state index contributed by atoms with van der Waals surface area (Å²) in [6.07, 6.45) is 4.84. The van der Waals surface area contributed by atoms with E-state index in [1.54, 1.807) is 4.90 Å². The van der Waals surface area contributed by atoms with E-state index >= 15 is 0 Å². The second-order valence-electron chi connectivity index (χ2n) is 7.72. The predicted molar refractivity (Wildman–Crippen MR) is 107 cm³/mol. The Hall–Kier alpha value is -2.88. The first-order chi connectivity index (χ1) is 12.8. The lowest BCUT2D eigenvalue weighted by molar-refractivity contribution is -0.155. The number of nitrogens with zero attached hydrogens (tertiary/aromatic N) is 1. The molecule has 1 heterocycles. The van der Waals surface area contributed by atoms with E-state index in [0.29, 0.717) is 12.1 Å². The van der Waals surface area contributed by atoms with Gasteiger partial charge in [0, 0.05) is 12.1 Å². The summed E-state index contributed by atoms with van der Waals surface area (Å²) in [5.74, 6) is -0.484. The van der Waals surface area contributed by atoms with Crippen LogP contribution < -0.4 is 0 Å². The van der Waals surface area contributed by atoms with E-state index in [9.17, 15) is 9.59 Å². The number of ether oxygens (including phenoxy) is 1. The Kier molecular flexibility index (Phi) is 5.45. The number of carbonyl (C=O) groups excluding carboxylic acids is 2. The molecule has 0 spiro atoms. The molecule has 0 fully saturated rings. The molecule has 4 heteroatoms. The lowest BCUT2D eigenvalue weighted by Gasteiger charge is -2.29. The molecule has 1 aliphatic rings. The second-order valence-corrected chi connectivity index (χ2v) is 7.72. The number of rotatable bonds is 4. The predicted octanol–water partition coefficient (Wildman–Crippen LogP) is 4.20. The van der Waals surface area contributed by atoms with E-state index in [-0.39, 0.29) is 18.4 Å². The average Bonchev–Trinajstić information content (AvgIpc) is 2.62. The van der Waals surface area contributed by atoms with E-state index in [2.05, 4.69) is 12.1 Å². The Labute approximate surface area is 160 Å². The topological polar surface area (TPSA) is 46.6 Å². The normalized spacial score (nSPS) is 14.3. The van der Waals surface area contributed by atoms with Gasteiger partial charge in [-0.1, -0.05) is 54.6 Å². The fourth-order valence-electron chi connectivity index (χ4n) is 3.10. The van der Waals surface area contributed by atoms with Crippen molar-refractivity contribution < 1.29 is 14.3 Å². The van der Waals surface area contributed by atoms with E-state index in [4.69, 9.17) is 4.74 Å². The quantitative estimate of drug-likeness (QED) is 0.604. The molecule has 0 atom stereocenters. The minimum Gasteiger partial charge on any atom is -0.459 e. The Morgan fingerprint density at radius 3 is 2.48 bits per heavy atom. The smallest absolute Gasteiger partial charge is 0.326 e. The van der Waals surface area contributed by atoms with Crippen molar-refractivity contribution >= 4 is 24.0 Å². The van der Waals surface area contributed by atoms with Crippen LogP contribution in [0.3, 0.4) is 0 Å². The molecule has 0 aromatic heterocycles. The molecular weight excluding hydrogens is 338 g/mol. The number of benzene rings is 2. The third-order valence-electron chi connectivity index (χ3n) is 4.31. The Bertz CT molecular complexity index is 863. The first-order valence-electron chi connectivity index (χ1n) is 9.19. The third-order valence-corrected chi connectivity index (χ3v) is 4.31. The molecule has 4 nitrogen and oxygen atoms in total. The van der Waals surface area contributed by atoms with Crippen molar-refractivity contribution in [2.75, 3.05) is 13.1 Å². The van der Waals surface area contributed by atoms with Crippen LogP contribution in [-0.2, 0) is 16.0 Å². The number of hydrogen-bond donors (Lipinski definition) is 0. The van der Waals surface area contributed by atoms with Gasteiger partial charge in [0.15, 0.2) is 0 Å². The van der Waals surface area contributed by atoms with Crippen LogP contribution in [-0.4, -0.2) is 35.5 Å². The molecule has 1 amide bonds. The standard InChI is InChI=1S/C23H25NO3/c1-23(2,3)27-21(25)16-24-14-13-19-15-18(11-12-20(19)22(24)26)10-9-17-7-5-4-6-8-17/h4-12,15H,13-14,16H2,1-3H3/b10-9+. The molecule has 2 aromatic rings. The lowest BCUT2D eigenvalue weighted by atomic mass is 9.96. The maximum atomic E-state index is 12.7. The number of fused-ring (bicyclic) bond motifs is 1. The molecule has 0 saturated carbocycles. The van der Waals surface area contributed by atoms with Gasteiger partial charge in [-0.05, 0) is 49.9 Å². The summed E-state index contributed by atoms with van der Waals surface area (Å²) in [6, 6.07) is 15.9. The zero-order chi connectivity index (χ0) is 19.4. The van der Waals surface area contributed by atoms with Crippen LogP contribution in [0.4, 0.5) is 0 Å². The van der Waals surface area contributed by atoms with Crippen LogP contribution in [0.15, 0.2) is 48.5 Å². The van der Waals surface area contributed by atoms with Gasteiger partial charge in [-0.3, -0.25) is 9.59 Å². The molecule has 0 N–H and O–H groups in total. The fourth-order valence-corrected chi connectivity index (χ4v) is 3.10. The van der Waals surface area contributed by atoms with E-state index in [1.165, 1.54) is 0 Å². The summed E-state index contributed by atoms with van der Waals surface area (Å²) in [5, 5.41) is 0. The van der Waals surface area contributed by atoms with Crippen molar-refractivity contribution in [2.45, 2.75) is 32.8 Å². The largest absolute Gasteiger partial charge is 0.459 e. The van der Waals surface area contributed by atoms with Crippen LogP contribution in [0.25, 0.3) is 12.2 Å². The summed E-state index contributed by atoms with van der Waals surface area (Å²) in [4.78, 5) is 26.3. The lowest BCUT2D eigenvalue weighted by Crippen LogP contribution is -2.42. The molecule has 3 rings (SSSR count). The first-order valence-corrected chi connectivity index (χ1v) is 9.19. The Morgan fingerprint density at radius 2 is 1.78 bits per heavy atom. The van der Waals surface area contributed by atoms with Crippen LogP contribution in [0, 0.1) is 0 Å². The minimum atomic E-state index is -0.548. The minimum absolute atomic E-state index is 0.00873. The molecule has 0 bridgehead atoms. The maximum absolute atomic E-state index is 12.7. The van der Waals surface area contributed by atoms with E-state index < -0.39 is 5.60 Å². The molecule has 2 aromatic carbocycles. The van der Waals surface area contributed by atoms with Gasteiger partial charge >= 0.3 is 5.97 Å². The van der Waals surface area contributed by atoms with Crippen molar-refractivity contribution in [1.82, 2.24) is 4.90 Å². The molecule has 0 aliphatic carbocycles. The molecule has 1 aliphatic heterocycles. The Balaban J connectivity index is 1.70. The summed E-state index contributed by atoms with van der Waals surface area (Å²) < 4.78 is 5.33. The second kappa shape index (κ2) is 7.78. The summed E-state index contributed by atoms with van der Waals surface area (Å²) >= 11 is 0. The highest BCUT2D eigenvalue weighted by Crippen LogP contribution is 2.22. The number of hydrogen-bond acceptors (Lipinski definition) is 3. The fraction of sp³-hybridized carbons (Fsp3) is 0.304. The van der Waals surface area contributed by atoms with Gasteiger partial charge in [-0.25, -0.2) is 0 Å². The van der Waals surface area contributed by atoms with E-state index in [0.717, 1.165) is 23.1 Å². The molecular formula is C23H25NO3. The van der Waals surface area contributed by atoms with Crippen LogP contribution >= 0.6 is 0 Å². The maximum Gasteiger partial charge on any atom is 0.326 e. The van der Waals surface area contributed by atoms with Crippen molar-refractivity contribution in [1.29, 1.82) is 0 Å². The van der Waals surface area contributed by atoms with Gasteiger partial charge in [0.25, 0.3) is 5.91 Å². The highest BCUT2D eigenvalue weighted by Gasteiger charge is 2.27. The average molecular weight is 363 g/mol. The van der Waals surface area contributed by atoms with Gasteiger partial charge < -0.3 is 9.64 Å². The summed E-state index contributed by atoms with van der Waals surface area (Å²) in [6.45, 7) is 5.98. The molecule has 0 saturated heterocycles. The molecule has 140 valence electrons. The number of carbonyl (C=O) groups is 2. The van der Waals surface area contributed by atoms with Gasteiger partial charge in [-0.2, -0.15) is 0 Å². The van der Waals surface area contributed by atoms with Crippen molar-refractivity contribution in [3.05, 3.63) is 70.8 Å². The third kappa shape index (κ3) is 5.07. The highest BCUT2D eigenvalue weighted by atomic mass is 16.6. The van der Waals surface area contributed by atoms with Gasteiger partial charge in [-0.15, -0.1) is 0 Å². The molecule has 0 unspecified atom stereocenters. The van der Waals surface area contributed by atoms with Crippen molar-refractivity contribution in [2.24, 2.45) is 0 Å². The molecule has 0 radical (unpaired) electrons. The number of esters is 1. The van der Waals surface area contributed by atoms with Crippen LogP contribution in [0.2, 0.25) is 0 Å². The highest BCUT2D eigenvalue weighted by molar-refractivity contribution is 5.98. The first kappa shape index (κ1) is 18.9. The molecule has 27 heavy (non-hydrogen) atoms. The summed E-state index contributed by atoms with van der Waals surface area (Å²) in [5.41, 5.74) is 3.34. The SMILES string of the molecule is CC(C)(C)OC(=O)CN1CCc2cc(/C=C/c3ccccc3)ccc2C1=O. The van der Waals surface area contributed by atoms with E-state index in [1.807, 2.05) is 69.3 Å². The number of amides is 1. The Morgan fingerprint density at radius 1 is 1.07 bits per heavy atom. The van der Waals surface area contributed by atoms with Gasteiger partial charge in [0.05, 0.1) is 0 Å². The van der Waals surface area contributed by atoms with Gasteiger partial charge in [0.1, 0.15) is 12.1 Å². The van der Waals surface area contributed by atoms with Crippen molar-refractivity contribution in [3.8, 4) is 0 Å². The van der Waals surface area contributed by atoms with Crippen molar-refractivity contribution in [3.63, 3.8) is 0 Å². The monoisotopic (exact) mass is 363 g/mol. The zero-order valence-corrected chi connectivity index (χ0v) is 16.1. The zero-order valence-electron chi connectivity index (χ0n) is 16.1. The van der Waals surface area contributed by atoms with Crippen LogP contribution in [0.1, 0.15) is 47.8 Å². The summed E-state index contributed by atoms with van der Waals surface area (Å²) in [7, 11) is 0.